The zero-order valence-corrected chi connectivity index (χ0v) is 16.4. The molecule has 1 saturated heterocycles. The third kappa shape index (κ3) is 5.16. The standard InChI is InChI=1S/C20H23ClN2O2S/c1-2-19(26-18-9-3-15(21)4-10-18)20(24)22-16-5-7-17(8-6-16)23-11-13-25-14-12-23/h3-10,19H,2,11-14H2,1H3,(H,22,24)/t19-/m0/s1. The van der Waals surface area contributed by atoms with E-state index in [-0.39, 0.29) is 11.2 Å². The van der Waals surface area contributed by atoms with Crippen molar-refractivity contribution in [2.24, 2.45) is 0 Å². The van der Waals surface area contributed by atoms with Gasteiger partial charge in [-0.25, -0.2) is 0 Å². The van der Waals surface area contributed by atoms with Crippen LogP contribution in [0.25, 0.3) is 0 Å². The molecule has 1 amide bonds. The third-order valence-corrected chi connectivity index (χ3v) is 5.89. The highest BCUT2D eigenvalue weighted by Crippen LogP contribution is 2.28. The van der Waals surface area contributed by atoms with Gasteiger partial charge in [-0.1, -0.05) is 18.5 Å². The summed E-state index contributed by atoms with van der Waals surface area (Å²) in [6.07, 6.45) is 0.755. The molecule has 3 rings (SSSR count). The second kappa shape index (κ2) is 9.31. The van der Waals surface area contributed by atoms with Crippen LogP contribution in [0, 0.1) is 0 Å². The maximum atomic E-state index is 12.6. The highest BCUT2D eigenvalue weighted by molar-refractivity contribution is 8.00. The summed E-state index contributed by atoms with van der Waals surface area (Å²) in [6, 6.07) is 15.6. The quantitative estimate of drug-likeness (QED) is 0.727. The monoisotopic (exact) mass is 390 g/mol. The lowest BCUT2D eigenvalue weighted by molar-refractivity contribution is -0.115. The number of hydrogen-bond donors (Lipinski definition) is 1. The van der Waals surface area contributed by atoms with E-state index in [0.29, 0.717) is 5.02 Å². The van der Waals surface area contributed by atoms with Gasteiger partial charge in [0.15, 0.2) is 0 Å². The molecule has 4 nitrogen and oxygen atoms in total. The van der Waals surface area contributed by atoms with Crippen LogP contribution in [0.1, 0.15) is 13.3 Å². The van der Waals surface area contributed by atoms with Gasteiger partial charge >= 0.3 is 0 Å². The fourth-order valence-electron chi connectivity index (χ4n) is 2.80. The van der Waals surface area contributed by atoms with E-state index >= 15 is 0 Å². The lowest BCUT2D eigenvalue weighted by Crippen LogP contribution is -2.36. The number of benzene rings is 2. The molecular formula is C20H23ClN2O2S. The van der Waals surface area contributed by atoms with E-state index in [0.717, 1.165) is 49.0 Å². The first kappa shape index (κ1) is 19.1. The van der Waals surface area contributed by atoms with Crippen molar-refractivity contribution in [1.29, 1.82) is 0 Å². The van der Waals surface area contributed by atoms with Crippen LogP contribution in [-0.2, 0) is 9.53 Å². The fraction of sp³-hybridized carbons (Fsp3) is 0.350. The van der Waals surface area contributed by atoms with Gasteiger partial charge in [0.2, 0.25) is 5.91 Å². The molecule has 0 radical (unpaired) electrons. The highest BCUT2D eigenvalue weighted by atomic mass is 35.5. The van der Waals surface area contributed by atoms with Crippen molar-refractivity contribution >= 4 is 40.6 Å². The minimum atomic E-state index is -0.143. The molecule has 0 saturated carbocycles. The van der Waals surface area contributed by atoms with Gasteiger partial charge in [0, 0.05) is 34.4 Å². The topological polar surface area (TPSA) is 41.6 Å². The normalized spacial score (nSPS) is 15.5. The zero-order valence-electron chi connectivity index (χ0n) is 14.8. The molecule has 0 bridgehead atoms. The van der Waals surface area contributed by atoms with Gasteiger partial charge in [0.1, 0.15) is 0 Å². The van der Waals surface area contributed by atoms with Crippen LogP contribution >= 0.6 is 23.4 Å². The zero-order chi connectivity index (χ0) is 18.4. The predicted molar refractivity (Wildman–Crippen MR) is 109 cm³/mol. The molecule has 0 aliphatic carbocycles. The SMILES string of the molecule is CC[C@H](Sc1ccc(Cl)cc1)C(=O)Nc1ccc(N2CCOCC2)cc1. The Morgan fingerprint density at radius 1 is 1.15 bits per heavy atom. The first-order chi connectivity index (χ1) is 12.7. The Morgan fingerprint density at radius 2 is 1.81 bits per heavy atom. The van der Waals surface area contributed by atoms with Crippen molar-refractivity contribution in [3.8, 4) is 0 Å². The van der Waals surface area contributed by atoms with Gasteiger partial charge in [-0.2, -0.15) is 0 Å². The van der Waals surface area contributed by atoms with Gasteiger partial charge in [-0.3, -0.25) is 4.79 Å². The number of morpholine rings is 1. The minimum Gasteiger partial charge on any atom is -0.378 e. The van der Waals surface area contributed by atoms with Crippen molar-refractivity contribution in [2.45, 2.75) is 23.5 Å². The smallest absolute Gasteiger partial charge is 0.237 e. The summed E-state index contributed by atoms with van der Waals surface area (Å²) < 4.78 is 5.38. The van der Waals surface area contributed by atoms with Gasteiger partial charge < -0.3 is 15.0 Å². The van der Waals surface area contributed by atoms with Crippen LogP contribution in [0.4, 0.5) is 11.4 Å². The van der Waals surface area contributed by atoms with E-state index in [4.69, 9.17) is 16.3 Å². The van der Waals surface area contributed by atoms with Crippen LogP contribution in [0.3, 0.4) is 0 Å². The molecule has 1 aliphatic heterocycles. The summed E-state index contributed by atoms with van der Waals surface area (Å²) >= 11 is 7.48. The lowest BCUT2D eigenvalue weighted by Gasteiger charge is -2.29. The van der Waals surface area contributed by atoms with Crippen LogP contribution in [0.15, 0.2) is 53.4 Å². The largest absolute Gasteiger partial charge is 0.378 e. The van der Waals surface area contributed by atoms with Gasteiger partial charge in [0.25, 0.3) is 0 Å². The van der Waals surface area contributed by atoms with Crippen LogP contribution in [0.5, 0.6) is 0 Å². The second-order valence-corrected chi connectivity index (χ2v) is 7.82. The molecule has 1 fully saturated rings. The number of nitrogens with one attached hydrogen (secondary N) is 1. The van der Waals surface area contributed by atoms with E-state index < -0.39 is 0 Å². The highest BCUT2D eigenvalue weighted by Gasteiger charge is 2.18. The number of nitrogens with zero attached hydrogens (tertiary/aromatic N) is 1. The summed E-state index contributed by atoms with van der Waals surface area (Å²) in [4.78, 5) is 15.9. The molecule has 1 N–H and O–H groups in total. The third-order valence-electron chi connectivity index (χ3n) is 4.27. The number of amides is 1. The van der Waals surface area contributed by atoms with E-state index in [1.165, 1.54) is 0 Å². The van der Waals surface area contributed by atoms with Crippen molar-refractivity contribution in [2.75, 3.05) is 36.5 Å². The Balaban J connectivity index is 1.59. The molecule has 1 aliphatic rings. The van der Waals surface area contributed by atoms with Gasteiger partial charge in [-0.05, 0) is 55.0 Å². The number of carbonyl (C=O) groups is 1. The Labute approximate surface area is 163 Å². The second-order valence-electron chi connectivity index (χ2n) is 6.10. The van der Waals surface area contributed by atoms with Crippen LogP contribution in [0.2, 0.25) is 5.02 Å². The number of hydrogen-bond acceptors (Lipinski definition) is 4. The molecule has 1 heterocycles. The van der Waals surface area contributed by atoms with Crippen molar-refractivity contribution in [3.63, 3.8) is 0 Å². The first-order valence-corrected chi connectivity index (χ1v) is 10.1. The number of rotatable bonds is 6. The van der Waals surface area contributed by atoms with Crippen LogP contribution < -0.4 is 10.2 Å². The molecule has 2 aromatic carbocycles. The van der Waals surface area contributed by atoms with Crippen LogP contribution in [-0.4, -0.2) is 37.5 Å². The summed E-state index contributed by atoms with van der Waals surface area (Å²) in [7, 11) is 0. The Kier molecular flexibility index (Phi) is 6.83. The van der Waals surface area contributed by atoms with E-state index in [1.54, 1.807) is 11.8 Å². The average Bonchev–Trinajstić information content (AvgIpc) is 2.68. The maximum Gasteiger partial charge on any atom is 0.237 e. The number of carbonyl (C=O) groups excluding carboxylic acids is 1. The Morgan fingerprint density at radius 3 is 2.42 bits per heavy atom. The lowest BCUT2D eigenvalue weighted by atomic mass is 10.2. The van der Waals surface area contributed by atoms with Crippen molar-refractivity contribution in [1.82, 2.24) is 0 Å². The molecule has 138 valence electrons. The first-order valence-electron chi connectivity index (χ1n) is 8.81. The summed E-state index contributed by atoms with van der Waals surface area (Å²) in [5.41, 5.74) is 1.98. The molecule has 1 atom stereocenters. The molecule has 2 aromatic rings. The minimum absolute atomic E-state index is 0.0200. The number of ether oxygens (including phenoxy) is 1. The Bertz CT molecular complexity index is 716. The number of thioether (sulfide) groups is 1. The fourth-order valence-corrected chi connectivity index (χ4v) is 3.88. The van der Waals surface area contributed by atoms with E-state index in [2.05, 4.69) is 10.2 Å². The molecule has 0 unspecified atom stereocenters. The van der Waals surface area contributed by atoms with E-state index in [1.807, 2.05) is 55.5 Å². The number of halogens is 1. The molecular weight excluding hydrogens is 368 g/mol. The van der Waals surface area contributed by atoms with Gasteiger partial charge in [0.05, 0.1) is 18.5 Å². The summed E-state index contributed by atoms with van der Waals surface area (Å²) in [5, 5.41) is 3.58. The van der Waals surface area contributed by atoms with Crippen molar-refractivity contribution < 1.29 is 9.53 Å². The average molecular weight is 391 g/mol. The molecule has 26 heavy (non-hydrogen) atoms. The molecule has 6 heteroatoms. The van der Waals surface area contributed by atoms with Crippen molar-refractivity contribution in [3.05, 3.63) is 53.6 Å². The predicted octanol–water partition coefficient (Wildman–Crippen LogP) is 4.69. The number of anilines is 2. The van der Waals surface area contributed by atoms with Gasteiger partial charge in [-0.15, -0.1) is 11.8 Å². The maximum absolute atomic E-state index is 12.6. The molecule has 0 aromatic heterocycles. The Hall–Kier alpha value is -1.69. The summed E-state index contributed by atoms with van der Waals surface area (Å²) in [5.74, 6) is 0.0200. The van der Waals surface area contributed by atoms with E-state index in [9.17, 15) is 4.79 Å². The molecule has 0 spiro atoms. The summed E-state index contributed by atoms with van der Waals surface area (Å²) in [6.45, 7) is 5.36.